The molecule has 0 radical (unpaired) electrons. The van der Waals surface area contributed by atoms with Gasteiger partial charge in [-0.3, -0.25) is 0 Å². The predicted molar refractivity (Wildman–Crippen MR) is 110 cm³/mol. The van der Waals surface area contributed by atoms with E-state index in [4.69, 9.17) is 17.2 Å². The van der Waals surface area contributed by atoms with Crippen LogP contribution in [-0.4, -0.2) is 28.6 Å². The fourth-order valence-corrected chi connectivity index (χ4v) is 4.01. The summed E-state index contributed by atoms with van der Waals surface area (Å²) in [6.07, 6.45) is 5.03. The highest BCUT2D eigenvalue weighted by Crippen LogP contribution is 2.28. The number of nitrogens with zero attached hydrogens (tertiary/aromatic N) is 2. The summed E-state index contributed by atoms with van der Waals surface area (Å²) < 4.78 is 1.23. The van der Waals surface area contributed by atoms with Gasteiger partial charge in [0.05, 0.1) is 16.3 Å². The molecule has 0 fully saturated rings. The first-order chi connectivity index (χ1) is 11.6. The first kappa shape index (κ1) is 19.1. The smallest absolute Gasteiger partial charge is 0.169 e. The van der Waals surface area contributed by atoms with Crippen LogP contribution in [0.2, 0.25) is 0 Å². The van der Waals surface area contributed by atoms with Crippen LogP contribution < -0.4 is 5.32 Å². The molecule has 0 aliphatic carbocycles. The van der Waals surface area contributed by atoms with E-state index in [0.717, 1.165) is 22.2 Å². The highest BCUT2D eigenvalue weighted by Gasteiger charge is 2.19. The minimum atomic E-state index is 0.179. The minimum Gasteiger partial charge on any atom is -0.362 e. The van der Waals surface area contributed by atoms with E-state index < -0.39 is 0 Å². The lowest BCUT2D eigenvalue weighted by molar-refractivity contribution is 0.381. The number of hydrogen-bond donors (Lipinski definition) is 1. The Bertz CT molecular complexity index is 620. The van der Waals surface area contributed by atoms with Crippen LogP contribution in [-0.2, 0) is 0 Å². The highest BCUT2D eigenvalue weighted by atomic mass is 32.1. The Morgan fingerprint density at radius 1 is 1.33 bits per heavy atom. The van der Waals surface area contributed by atoms with Gasteiger partial charge in [0, 0.05) is 13.6 Å². The van der Waals surface area contributed by atoms with Crippen molar-refractivity contribution in [2.45, 2.75) is 52.5 Å². The highest BCUT2D eigenvalue weighted by molar-refractivity contribution is 7.80. The first-order valence-corrected chi connectivity index (χ1v) is 10.1. The second kappa shape index (κ2) is 9.33. The lowest BCUT2D eigenvalue weighted by Gasteiger charge is -2.27. The second-order valence-corrected chi connectivity index (χ2v) is 7.86. The standard InChI is InChI=1S/C19H29N3S2/c1-5-7-10-15(6-2)13-20-19(23)22(4)14(3)18-21-16-11-8-9-12-17(16)24-18/h8-9,11-12,14-15H,5-7,10,13H2,1-4H3,(H,20,23)/t14-,15+/m1/s1. The van der Waals surface area contributed by atoms with E-state index in [2.05, 4.69) is 56.2 Å². The molecule has 2 rings (SSSR count). The number of thiocarbonyl (C=S) groups is 1. The summed E-state index contributed by atoms with van der Waals surface area (Å²) >= 11 is 7.36. The zero-order valence-corrected chi connectivity index (χ0v) is 16.8. The van der Waals surface area contributed by atoms with Crippen molar-refractivity contribution in [2.24, 2.45) is 5.92 Å². The van der Waals surface area contributed by atoms with Gasteiger partial charge >= 0.3 is 0 Å². The number of unbranched alkanes of at least 4 members (excludes halogenated alkanes) is 1. The molecule has 0 aliphatic rings. The van der Waals surface area contributed by atoms with E-state index in [0.29, 0.717) is 5.92 Å². The summed E-state index contributed by atoms with van der Waals surface area (Å²) in [5, 5.41) is 5.39. The van der Waals surface area contributed by atoms with Gasteiger partial charge in [0.2, 0.25) is 0 Å². The third-order valence-electron chi connectivity index (χ3n) is 4.65. The summed E-state index contributed by atoms with van der Waals surface area (Å²) in [7, 11) is 2.05. The fourth-order valence-electron chi connectivity index (χ4n) is 2.71. The number of rotatable bonds is 8. The Hall–Kier alpha value is -1.20. The molecular formula is C19H29N3S2. The van der Waals surface area contributed by atoms with E-state index in [1.165, 1.54) is 30.4 Å². The van der Waals surface area contributed by atoms with Gasteiger partial charge in [-0.05, 0) is 43.6 Å². The van der Waals surface area contributed by atoms with E-state index in [-0.39, 0.29) is 6.04 Å². The van der Waals surface area contributed by atoms with E-state index >= 15 is 0 Å². The Kier molecular flexibility index (Phi) is 7.43. The van der Waals surface area contributed by atoms with Crippen molar-refractivity contribution in [3.05, 3.63) is 29.3 Å². The summed E-state index contributed by atoms with van der Waals surface area (Å²) in [5.41, 5.74) is 1.07. The van der Waals surface area contributed by atoms with Gasteiger partial charge in [-0.15, -0.1) is 11.3 Å². The van der Waals surface area contributed by atoms with Gasteiger partial charge in [0.15, 0.2) is 5.11 Å². The molecular weight excluding hydrogens is 334 g/mol. The zero-order chi connectivity index (χ0) is 17.5. The summed E-state index contributed by atoms with van der Waals surface area (Å²) in [6, 6.07) is 8.47. The van der Waals surface area contributed by atoms with E-state index in [1.54, 1.807) is 11.3 Å². The Balaban J connectivity index is 1.93. The third-order valence-corrected chi connectivity index (χ3v) is 6.29. The average Bonchev–Trinajstić information content (AvgIpc) is 3.04. The van der Waals surface area contributed by atoms with Gasteiger partial charge in [-0.2, -0.15) is 0 Å². The number of benzene rings is 1. The maximum Gasteiger partial charge on any atom is 0.169 e. The molecule has 0 unspecified atom stereocenters. The molecule has 2 aromatic rings. The van der Waals surface area contributed by atoms with Crippen molar-refractivity contribution < 1.29 is 0 Å². The molecule has 0 saturated heterocycles. The van der Waals surface area contributed by atoms with Crippen molar-refractivity contribution in [2.75, 3.05) is 13.6 Å². The van der Waals surface area contributed by atoms with Crippen molar-refractivity contribution in [1.82, 2.24) is 15.2 Å². The van der Waals surface area contributed by atoms with Crippen LogP contribution in [0.15, 0.2) is 24.3 Å². The largest absolute Gasteiger partial charge is 0.362 e. The molecule has 2 atom stereocenters. The van der Waals surface area contributed by atoms with E-state index in [9.17, 15) is 0 Å². The quantitative estimate of drug-likeness (QED) is 0.637. The Morgan fingerprint density at radius 3 is 2.75 bits per heavy atom. The molecule has 0 bridgehead atoms. The van der Waals surface area contributed by atoms with Crippen LogP contribution in [0.1, 0.15) is 57.5 Å². The first-order valence-electron chi connectivity index (χ1n) is 8.92. The van der Waals surface area contributed by atoms with Gasteiger partial charge < -0.3 is 10.2 Å². The average molecular weight is 364 g/mol. The number of para-hydroxylation sites is 1. The van der Waals surface area contributed by atoms with Crippen LogP contribution >= 0.6 is 23.6 Å². The molecule has 1 N–H and O–H groups in total. The topological polar surface area (TPSA) is 28.2 Å². The molecule has 0 saturated carbocycles. The van der Waals surface area contributed by atoms with Crippen LogP contribution in [0.25, 0.3) is 10.2 Å². The summed E-state index contributed by atoms with van der Waals surface area (Å²) in [6.45, 7) is 7.64. The Morgan fingerprint density at radius 2 is 2.08 bits per heavy atom. The van der Waals surface area contributed by atoms with Gasteiger partial charge in [-0.25, -0.2) is 4.98 Å². The third kappa shape index (κ3) is 4.90. The maximum absolute atomic E-state index is 5.60. The molecule has 0 spiro atoms. The molecule has 1 aromatic carbocycles. The number of aromatic nitrogens is 1. The number of thiazole rings is 1. The van der Waals surface area contributed by atoms with Crippen molar-refractivity contribution >= 4 is 38.9 Å². The van der Waals surface area contributed by atoms with Crippen LogP contribution in [0.5, 0.6) is 0 Å². The molecule has 3 nitrogen and oxygen atoms in total. The molecule has 1 heterocycles. The summed E-state index contributed by atoms with van der Waals surface area (Å²) in [4.78, 5) is 6.88. The van der Waals surface area contributed by atoms with E-state index in [1.807, 2.05) is 6.07 Å². The summed E-state index contributed by atoms with van der Waals surface area (Å²) in [5.74, 6) is 0.703. The van der Waals surface area contributed by atoms with Crippen LogP contribution in [0, 0.1) is 5.92 Å². The Labute approximate surface area is 155 Å². The molecule has 132 valence electrons. The molecule has 24 heavy (non-hydrogen) atoms. The molecule has 0 aliphatic heterocycles. The minimum absolute atomic E-state index is 0.179. The molecule has 0 amide bonds. The number of fused-ring (bicyclic) bond motifs is 1. The molecule has 1 aromatic heterocycles. The van der Waals surface area contributed by atoms with Gasteiger partial charge in [0.25, 0.3) is 0 Å². The van der Waals surface area contributed by atoms with Crippen LogP contribution in [0.4, 0.5) is 0 Å². The number of hydrogen-bond acceptors (Lipinski definition) is 3. The lowest BCUT2D eigenvalue weighted by atomic mass is 9.99. The maximum atomic E-state index is 5.60. The second-order valence-electron chi connectivity index (χ2n) is 6.41. The lowest BCUT2D eigenvalue weighted by Crippen LogP contribution is -2.40. The van der Waals surface area contributed by atoms with Gasteiger partial charge in [0.1, 0.15) is 5.01 Å². The van der Waals surface area contributed by atoms with Crippen molar-refractivity contribution in [3.63, 3.8) is 0 Å². The number of nitrogens with one attached hydrogen (secondary N) is 1. The predicted octanol–water partition coefficient (Wildman–Crippen LogP) is 5.38. The van der Waals surface area contributed by atoms with Gasteiger partial charge in [-0.1, -0.05) is 45.2 Å². The van der Waals surface area contributed by atoms with Crippen LogP contribution in [0.3, 0.4) is 0 Å². The SMILES string of the molecule is CCCC[C@H](CC)CNC(=S)N(C)[C@H](C)c1nc2ccccc2s1. The van der Waals surface area contributed by atoms with Crippen molar-refractivity contribution in [3.8, 4) is 0 Å². The normalized spacial score (nSPS) is 13.7. The fraction of sp³-hybridized carbons (Fsp3) is 0.579. The monoisotopic (exact) mass is 363 g/mol. The molecule has 5 heteroatoms. The zero-order valence-electron chi connectivity index (χ0n) is 15.2. The van der Waals surface area contributed by atoms with Crippen molar-refractivity contribution in [1.29, 1.82) is 0 Å².